The molecule has 1 saturated heterocycles. The quantitative estimate of drug-likeness (QED) is 0.847. The Bertz CT molecular complexity index is 854. The second-order valence-electron chi connectivity index (χ2n) is 5.95. The van der Waals surface area contributed by atoms with Crippen LogP contribution in [0.25, 0.3) is 0 Å². The van der Waals surface area contributed by atoms with Crippen molar-refractivity contribution in [3.63, 3.8) is 0 Å². The summed E-state index contributed by atoms with van der Waals surface area (Å²) in [6, 6.07) is 7.85. The van der Waals surface area contributed by atoms with Gasteiger partial charge in [-0.1, -0.05) is 12.5 Å². The Hall–Kier alpha value is -2.16. The fourth-order valence-corrected chi connectivity index (χ4v) is 4.36. The smallest absolute Gasteiger partial charge is 0.258 e. The average molecular weight is 363 g/mol. The number of nitrogens with two attached hydrogens (primary N) is 1. The number of carbonyl (C=O) groups is 1. The Labute approximate surface area is 146 Å². The molecule has 2 heterocycles. The molecule has 1 aliphatic rings. The van der Waals surface area contributed by atoms with Gasteiger partial charge < -0.3 is 15.5 Å². The van der Waals surface area contributed by atoms with E-state index in [0.717, 1.165) is 19.3 Å². The van der Waals surface area contributed by atoms with E-state index < -0.39 is 10.0 Å². The molecule has 0 spiro atoms. The number of hydrogen-bond acceptors (Lipinski definition) is 5. The molecule has 0 bridgehead atoms. The van der Waals surface area contributed by atoms with Gasteiger partial charge in [-0.25, -0.2) is 8.42 Å². The third-order valence-corrected chi connectivity index (χ3v) is 6.06. The molecule has 3 N–H and O–H groups in total. The average Bonchev–Trinajstić information content (AvgIpc) is 3.12. The first-order valence-corrected chi connectivity index (χ1v) is 9.64. The van der Waals surface area contributed by atoms with Gasteiger partial charge in [0.25, 0.3) is 5.91 Å². The van der Waals surface area contributed by atoms with Crippen LogP contribution in [0.15, 0.2) is 45.9 Å². The summed E-state index contributed by atoms with van der Waals surface area (Å²) in [6.45, 7) is 1.28. The van der Waals surface area contributed by atoms with E-state index >= 15 is 0 Å². The van der Waals surface area contributed by atoms with E-state index in [4.69, 9.17) is 10.2 Å². The monoisotopic (exact) mass is 363 g/mol. The molecule has 7 nitrogen and oxygen atoms in total. The Morgan fingerprint density at radius 3 is 2.64 bits per heavy atom. The summed E-state index contributed by atoms with van der Waals surface area (Å²) >= 11 is 0. The Morgan fingerprint density at radius 1 is 1.20 bits per heavy atom. The Kier molecular flexibility index (Phi) is 5.22. The highest BCUT2D eigenvalue weighted by molar-refractivity contribution is 7.89. The van der Waals surface area contributed by atoms with E-state index in [1.165, 1.54) is 16.6 Å². The van der Waals surface area contributed by atoms with Gasteiger partial charge in [-0.05, 0) is 37.1 Å². The van der Waals surface area contributed by atoms with E-state index in [2.05, 4.69) is 5.32 Å². The highest BCUT2D eigenvalue weighted by Gasteiger charge is 2.26. The van der Waals surface area contributed by atoms with E-state index in [-0.39, 0.29) is 17.3 Å². The van der Waals surface area contributed by atoms with Gasteiger partial charge in [0.15, 0.2) is 0 Å². The van der Waals surface area contributed by atoms with Crippen molar-refractivity contribution < 1.29 is 17.6 Å². The van der Waals surface area contributed by atoms with Crippen molar-refractivity contribution in [2.75, 3.05) is 18.4 Å². The topological polar surface area (TPSA) is 106 Å². The number of furan rings is 1. The van der Waals surface area contributed by atoms with Crippen molar-refractivity contribution in [3.8, 4) is 0 Å². The SMILES string of the molecule is NCc1cc(C(=O)Nc2cccc(S(=O)(=O)N3CCCCC3)c2)co1. The van der Waals surface area contributed by atoms with Crippen LogP contribution in [-0.4, -0.2) is 31.7 Å². The zero-order chi connectivity index (χ0) is 17.9. The summed E-state index contributed by atoms with van der Waals surface area (Å²) in [6.07, 6.45) is 4.13. The molecule has 8 heteroatoms. The van der Waals surface area contributed by atoms with Crippen LogP contribution in [0.2, 0.25) is 0 Å². The normalized spacial score (nSPS) is 15.9. The molecule has 3 rings (SSSR count). The second kappa shape index (κ2) is 7.38. The van der Waals surface area contributed by atoms with Crippen LogP contribution in [0.4, 0.5) is 5.69 Å². The number of nitrogens with one attached hydrogen (secondary N) is 1. The Morgan fingerprint density at radius 2 is 1.96 bits per heavy atom. The van der Waals surface area contributed by atoms with E-state index in [0.29, 0.717) is 30.1 Å². The standard InChI is InChI=1S/C17H21N3O4S/c18-11-15-9-13(12-24-15)17(21)19-14-5-4-6-16(10-14)25(22,23)20-7-2-1-3-8-20/h4-6,9-10,12H,1-3,7-8,11,18H2,(H,19,21). The summed E-state index contributed by atoms with van der Waals surface area (Å²) in [5, 5.41) is 2.69. The van der Waals surface area contributed by atoms with Crippen molar-refractivity contribution in [2.45, 2.75) is 30.7 Å². The molecule has 0 unspecified atom stereocenters. The molecular weight excluding hydrogens is 342 g/mol. The van der Waals surface area contributed by atoms with Crippen molar-refractivity contribution in [1.82, 2.24) is 4.31 Å². The van der Waals surface area contributed by atoms with Crippen LogP contribution in [0.3, 0.4) is 0 Å². The van der Waals surface area contributed by atoms with Gasteiger partial charge in [0, 0.05) is 18.8 Å². The summed E-state index contributed by atoms with van der Waals surface area (Å²) in [5.74, 6) is 0.127. The molecule has 1 aliphatic heterocycles. The Balaban J connectivity index is 1.78. The molecule has 0 radical (unpaired) electrons. The van der Waals surface area contributed by atoms with Gasteiger partial charge in [0.2, 0.25) is 10.0 Å². The van der Waals surface area contributed by atoms with Crippen LogP contribution in [0.1, 0.15) is 35.4 Å². The van der Waals surface area contributed by atoms with Crippen LogP contribution >= 0.6 is 0 Å². The lowest BCUT2D eigenvalue weighted by molar-refractivity contribution is 0.102. The molecule has 0 atom stereocenters. The van der Waals surface area contributed by atoms with Crippen molar-refractivity contribution in [3.05, 3.63) is 47.9 Å². The number of benzene rings is 1. The van der Waals surface area contributed by atoms with Gasteiger partial charge in [0.05, 0.1) is 17.0 Å². The fraction of sp³-hybridized carbons (Fsp3) is 0.353. The number of sulfonamides is 1. The van der Waals surface area contributed by atoms with Gasteiger partial charge in [-0.15, -0.1) is 0 Å². The zero-order valence-electron chi connectivity index (χ0n) is 13.8. The number of rotatable bonds is 5. The molecule has 1 amide bonds. The van der Waals surface area contributed by atoms with Crippen LogP contribution in [0, 0.1) is 0 Å². The first-order valence-electron chi connectivity index (χ1n) is 8.20. The van der Waals surface area contributed by atoms with Crippen molar-refractivity contribution in [1.29, 1.82) is 0 Å². The van der Waals surface area contributed by atoms with Gasteiger partial charge in [-0.2, -0.15) is 4.31 Å². The van der Waals surface area contributed by atoms with Crippen LogP contribution < -0.4 is 11.1 Å². The maximum absolute atomic E-state index is 12.7. The number of hydrogen-bond donors (Lipinski definition) is 2. The van der Waals surface area contributed by atoms with Gasteiger partial charge in [0.1, 0.15) is 12.0 Å². The predicted molar refractivity (Wildman–Crippen MR) is 93.6 cm³/mol. The van der Waals surface area contributed by atoms with Gasteiger partial charge >= 0.3 is 0 Å². The zero-order valence-corrected chi connectivity index (χ0v) is 14.6. The minimum atomic E-state index is -3.54. The maximum Gasteiger partial charge on any atom is 0.258 e. The van der Waals surface area contributed by atoms with E-state index in [1.807, 2.05) is 0 Å². The molecule has 1 aromatic heterocycles. The number of amides is 1. The third-order valence-electron chi connectivity index (χ3n) is 4.16. The van der Waals surface area contributed by atoms with Crippen LogP contribution in [0.5, 0.6) is 0 Å². The van der Waals surface area contributed by atoms with Gasteiger partial charge in [-0.3, -0.25) is 4.79 Å². The lowest BCUT2D eigenvalue weighted by Gasteiger charge is -2.26. The maximum atomic E-state index is 12.7. The molecular formula is C17H21N3O4S. The number of carbonyl (C=O) groups excluding carboxylic acids is 1. The first-order chi connectivity index (χ1) is 12.0. The molecule has 0 aliphatic carbocycles. The second-order valence-corrected chi connectivity index (χ2v) is 7.89. The lowest BCUT2D eigenvalue weighted by Crippen LogP contribution is -2.35. The minimum absolute atomic E-state index is 0.182. The fourth-order valence-electron chi connectivity index (χ4n) is 2.80. The number of anilines is 1. The van der Waals surface area contributed by atoms with Crippen molar-refractivity contribution in [2.24, 2.45) is 5.73 Å². The highest BCUT2D eigenvalue weighted by Crippen LogP contribution is 2.23. The third kappa shape index (κ3) is 3.92. The largest absolute Gasteiger partial charge is 0.467 e. The van der Waals surface area contributed by atoms with Crippen LogP contribution in [-0.2, 0) is 16.6 Å². The molecule has 25 heavy (non-hydrogen) atoms. The molecule has 1 aromatic carbocycles. The molecule has 1 fully saturated rings. The summed E-state index contributed by atoms with van der Waals surface area (Å²) in [4.78, 5) is 12.4. The minimum Gasteiger partial charge on any atom is -0.467 e. The molecule has 134 valence electrons. The highest BCUT2D eigenvalue weighted by atomic mass is 32.2. The van der Waals surface area contributed by atoms with E-state index in [9.17, 15) is 13.2 Å². The molecule has 2 aromatic rings. The first kappa shape index (κ1) is 17.7. The predicted octanol–water partition coefficient (Wildman–Crippen LogP) is 2.17. The summed E-state index contributed by atoms with van der Waals surface area (Å²) < 4.78 is 32.1. The number of piperidine rings is 1. The molecule has 0 saturated carbocycles. The summed E-state index contributed by atoms with van der Waals surface area (Å²) in [5.41, 5.74) is 6.21. The van der Waals surface area contributed by atoms with E-state index in [1.54, 1.807) is 24.3 Å². The van der Waals surface area contributed by atoms with Crippen molar-refractivity contribution >= 4 is 21.6 Å². The number of nitrogens with zero attached hydrogens (tertiary/aromatic N) is 1. The summed E-state index contributed by atoms with van der Waals surface area (Å²) in [7, 11) is -3.54. The lowest BCUT2D eigenvalue weighted by atomic mass is 10.2.